The molecule has 60 valence electrons. The van der Waals surface area contributed by atoms with Crippen molar-refractivity contribution in [2.75, 3.05) is 0 Å². The first kappa shape index (κ1) is 7.43. The average Bonchev–Trinajstić information content (AvgIpc) is 2.04. The molecule has 1 heterocycles. The third-order valence-electron chi connectivity index (χ3n) is 1.72. The van der Waals surface area contributed by atoms with Crippen LogP contribution in [0.15, 0.2) is 40.2 Å². The van der Waals surface area contributed by atoms with Crippen LogP contribution in [0.2, 0.25) is 0 Å². The first-order valence-electron chi connectivity index (χ1n) is 3.58. The molecule has 0 fully saturated rings. The van der Waals surface area contributed by atoms with Gasteiger partial charge < -0.3 is 4.98 Å². The van der Waals surface area contributed by atoms with Gasteiger partial charge in [0.1, 0.15) is 0 Å². The number of benzene rings is 1. The molecule has 12 heavy (non-hydrogen) atoms. The third kappa shape index (κ3) is 1.12. The fraction of sp³-hybridized carbons (Fsp3) is 0. The summed E-state index contributed by atoms with van der Waals surface area (Å²) in [6, 6.07) is 8.85. The smallest absolute Gasteiger partial charge is 0.190 e. The Bertz CT molecular complexity index is 475. The van der Waals surface area contributed by atoms with Crippen molar-refractivity contribution >= 4 is 23.5 Å². The zero-order chi connectivity index (χ0) is 8.55. The number of pyridine rings is 1. The molecule has 0 unspecified atom stereocenters. The minimum absolute atomic E-state index is 0.00866. The van der Waals surface area contributed by atoms with E-state index in [-0.39, 0.29) is 5.43 Å². The molecule has 0 saturated heterocycles. The maximum absolute atomic E-state index is 11.3. The van der Waals surface area contributed by atoms with Crippen molar-refractivity contribution in [2.45, 2.75) is 5.03 Å². The van der Waals surface area contributed by atoms with Crippen molar-refractivity contribution in [2.24, 2.45) is 0 Å². The van der Waals surface area contributed by atoms with Crippen LogP contribution in [-0.4, -0.2) is 4.98 Å². The molecule has 2 nitrogen and oxygen atoms in total. The van der Waals surface area contributed by atoms with Crippen LogP contribution in [-0.2, 0) is 0 Å². The maximum atomic E-state index is 11.3. The summed E-state index contributed by atoms with van der Waals surface area (Å²) in [6.07, 6.45) is 0. The van der Waals surface area contributed by atoms with E-state index in [1.807, 2.05) is 18.2 Å². The van der Waals surface area contributed by atoms with Gasteiger partial charge in [0.05, 0.1) is 10.5 Å². The van der Waals surface area contributed by atoms with Crippen LogP contribution in [0.4, 0.5) is 0 Å². The number of para-hydroxylation sites is 1. The van der Waals surface area contributed by atoms with E-state index in [1.165, 1.54) is 6.07 Å². The van der Waals surface area contributed by atoms with Gasteiger partial charge in [-0.1, -0.05) is 12.1 Å². The van der Waals surface area contributed by atoms with Crippen molar-refractivity contribution < 1.29 is 0 Å². The molecular formula is C9H7NOS. The molecule has 0 bridgehead atoms. The number of aromatic amines is 1. The highest BCUT2D eigenvalue weighted by molar-refractivity contribution is 7.80. The van der Waals surface area contributed by atoms with Gasteiger partial charge in [-0.3, -0.25) is 4.79 Å². The first-order valence-corrected chi connectivity index (χ1v) is 4.03. The second-order valence-electron chi connectivity index (χ2n) is 2.56. The SMILES string of the molecule is O=c1cc(S)[nH]c2ccccc12. The van der Waals surface area contributed by atoms with E-state index in [1.54, 1.807) is 6.07 Å². The number of aromatic nitrogens is 1. The Labute approximate surface area is 74.6 Å². The topological polar surface area (TPSA) is 32.9 Å². The lowest BCUT2D eigenvalue weighted by Gasteiger charge is -1.97. The number of H-pyrrole nitrogens is 1. The summed E-state index contributed by atoms with van der Waals surface area (Å²) < 4.78 is 0. The van der Waals surface area contributed by atoms with E-state index in [2.05, 4.69) is 17.6 Å². The van der Waals surface area contributed by atoms with Crippen LogP contribution < -0.4 is 5.43 Å². The van der Waals surface area contributed by atoms with Gasteiger partial charge >= 0.3 is 0 Å². The summed E-state index contributed by atoms with van der Waals surface area (Å²) >= 11 is 4.07. The fourth-order valence-electron chi connectivity index (χ4n) is 1.18. The van der Waals surface area contributed by atoms with Crippen LogP contribution in [0, 0.1) is 0 Å². The summed E-state index contributed by atoms with van der Waals surface area (Å²) in [5, 5.41) is 1.30. The standard InChI is InChI=1S/C9H7NOS/c11-8-5-9(12)10-7-4-2-1-3-6(7)8/h1-5H,(H2,10,11,12). The molecule has 1 aromatic carbocycles. The van der Waals surface area contributed by atoms with Gasteiger partial charge in [0, 0.05) is 11.5 Å². The van der Waals surface area contributed by atoms with E-state index in [9.17, 15) is 4.79 Å². The van der Waals surface area contributed by atoms with Gasteiger partial charge in [0.15, 0.2) is 5.43 Å². The van der Waals surface area contributed by atoms with Gasteiger partial charge in [-0.2, -0.15) is 0 Å². The Kier molecular flexibility index (Phi) is 1.66. The molecule has 0 radical (unpaired) electrons. The van der Waals surface area contributed by atoms with Crippen molar-refractivity contribution in [1.82, 2.24) is 4.98 Å². The summed E-state index contributed by atoms with van der Waals surface area (Å²) in [6.45, 7) is 0. The Balaban J connectivity index is 2.99. The van der Waals surface area contributed by atoms with Gasteiger partial charge in [-0.05, 0) is 12.1 Å². The van der Waals surface area contributed by atoms with Crippen LogP contribution >= 0.6 is 12.6 Å². The minimum Gasteiger partial charge on any atom is -0.350 e. The average molecular weight is 177 g/mol. The van der Waals surface area contributed by atoms with Gasteiger partial charge in [0.25, 0.3) is 0 Å². The number of nitrogens with one attached hydrogen (secondary N) is 1. The van der Waals surface area contributed by atoms with E-state index in [4.69, 9.17) is 0 Å². The van der Waals surface area contributed by atoms with Crippen LogP contribution in [0.25, 0.3) is 10.9 Å². The molecule has 0 saturated carbocycles. The van der Waals surface area contributed by atoms with E-state index < -0.39 is 0 Å². The molecule has 2 aromatic rings. The second kappa shape index (κ2) is 2.68. The lowest BCUT2D eigenvalue weighted by molar-refractivity contribution is 1.19. The van der Waals surface area contributed by atoms with E-state index >= 15 is 0 Å². The van der Waals surface area contributed by atoms with Crippen molar-refractivity contribution in [3.63, 3.8) is 0 Å². The second-order valence-corrected chi connectivity index (χ2v) is 3.05. The summed E-state index contributed by atoms with van der Waals surface area (Å²) in [7, 11) is 0. The number of fused-ring (bicyclic) bond motifs is 1. The quantitative estimate of drug-likeness (QED) is 0.591. The van der Waals surface area contributed by atoms with Gasteiger partial charge in [-0.15, -0.1) is 12.6 Å². The van der Waals surface area contributed by atoms with Gasteiger partial charge in [0.2, 0.25) is 0 Å². The fourth-order valence-corrected chi connectivity index (χ4v) is 1.42. The predicted octanol–water partition coefficient (Wildman–Crippen LogP) is 1.82. The maximum Gasteiger partial charge on any atom is 0.190 e. The molecular weight excluding hydrogens is 170 g/mol. The number of hydrogen-bond acceptors (Lipinski definition) is 2. The normalized spacial score (nSPS) is 10.4. The highest BCUT2D eigenvalue weighted by Gasteiger charge is 1.96. The monoisotopic (exact) mass is 177 g/mol. The highest BCUT2D eigenvalue weighted by atomic mass is 32.1. The molecule has 0 atom stereocenters. The van der Waals surface area contributed by atoms with Crippen LogP contribution in [0.3, 0.4) is 0 Å². The van der Waals surface area contributed by atoms with Crippen molar-refractivity contribution in [1.29, 1.82) is 0 Å². The lowest BCUT2D eigenvalue weighted by Crippen LogP contribution is -2.00. The van der Waals surface area contributed by atoms with Gasteiger partial charge in [-0.25, -0.2) is 0 Å². The Morgan fingerprint density at radius 2 is 2.00 bits per heavy atom. The number of hydrogen-bond donors (Lipinski definition) is 2. The molecule has 0 amide bonds. The third-order valence-corrected chi connectivity index (χ3v) is 1.96. The zero-order valence-electron chi connectivity index (χ0n) is 6.24. The molecule has 0 aliphatic carbocycles. The Morgan fingerprint density at radius 3 is 2.83 bits per heavy atom. The van der Waals surface area contributed by atoms with Crippen molar-refractivity contribution in [3.05, 3.63) is 40.6 Å². The molecule has 0 aliphatic heterocycles. The molecule has 0 aliphatic rings. The van der Waals surface area contributed by atoms with Crippen LogP contribution in [0.5, 0.6) is 0 Å². The minimum atomic E-state index is 0.00866. The highest BCUT2D eigenvalue weighted by Crippen LogP contribution is 2.08. The Morgan fingerprint density at radius 1 is 1.25 bits per heavy atom. The first-order chi connectivity index (χ1) is 5.77. The molecule has 3 heteroatoms. The number of thiol groups is 1. The summed E-state index contributed by atoms with van der Waals surface area (Å²) in [4.78, 5) is 14.3. The van der Waals surface area contributed by atoms with Crippen molar-refractivity contribution in [3.8, 4) is 0 Å². The van der Waals surface area contributed by atoms with Crippen LogP contribution in [0.1, 0.15) is 0 Å². The summed E-state index contributed by atoms with van der Waals surface area (Å²) in [5.74, 6) is 0. The zero-order valence-corrected chi connectivity index (χ0v) is 7.14. The Hall–Kier alpha value is -1.22. The largest absolute Gasteiger partial charge is 0.350 e. The molecule has 0 spiro atoms. The number of rotatable bonds is 0. The molecule has 2 rings (SSSR count). The van der Waals surface area contributed by atoms with E-state index in [0.717, 1.165) is 5.52 Å². The van der Waals surface area contributed by atoms with E-state index in [0.29, 0.717) is 10.4 Å². The molecule has 1 N–H and O–H groups in total. The lowest BCUT2D eigenvalue weighted by atomic mass is 10.2. The summed E-state index contributed by atoms with van der Waals surface area (Å²) in [5.41, 5.74) is 0.837. The molecule has 1 aromatic heterocycles. The predicted molar refractivity (Wildman–Crippen MR) is 51.8 cm³/mol.